The maximum Gasteiger partial charge on any atom is 0.311 e. The van der Waals surface area contributed by atoms with Crippen molar-refractivity contribution < 1.29 is 14.3 Å². The molecular weight excluding hydrogens is 350 g/mol. The Bertz CT molecular complexity index is 824. The van der Waals surface area contributed by atoms with E-state index in [0.717, 1.165) is 45.3 Å². The lowest BCUT2D eigenvalue weighted by molar-refractivity contribution is -0.168. The van der Waals surface area contributed by atoms with Crippen LogP contribution in [0.4, 0.5) is 0 Å². The summed E-state index contributed by atoms with van der Waals surface area (Å²) in [5, 5.41) is 0. The second-order valence-corrected chi connectivity index (χ2v) is 10.3. The van der Waals surface area contributed by atoms with Crippen LogP contribution in [0.25, 0.3) is 0 Å². The SMILES string of the molecule is C[C@H]1CC[C@@H]2[C@@H](CN3CCc4ccccc4C3)C(=O)O[C@@]23[C@H]1CC[C@]1(C)O[C@@H]31. The molecule has 2 saturated heterocycles. The number of carbonyl (C=O) groups is 1. The molecule has 0 N–H and O–H groups in total. The number of epoxide rings is 1. The molecule has 0 unspecified atom stereocenters. The van der Waals surface area contributed by atoms with Crippen LogP contribution in [0.3, 0.4) is 0 Å². The third kappa shape index (κ3) is 2.28. The average Bonchev–Trinajstić information content (AvgIpc) is 3.32. The van der Waals surface area contributed by atoms with Gasteiger partial charge in [-0.15, -0.1) is 0 Å². The number of rotatable bonds is 2. The van der Waals surface area contributed by atoms with Crippen molar-refractivity contribution in [2.75, 3.05) is 13.1 Å². The molecule has 1 aromatic rings. The topological polar surface area (TPSA) is 42.1 Å². The van der Waals surface area contributed by atoms with Crippen LogP contribution in [-0.2, 0) is 27.2 Å². The van der Waals surface area contributed by atoms with Crippen molar-refractivity contribution in [1.82, 2.24) is 4.90 Å². The van der Waals surface area contributed by atoms with Crippen molar-refractivity contribution in [1.29, 1.82) is 0 Å². The number of fused-ring (bicyclic) bond motifs is 2. The van der Waals surface area contributed by atoms with E-state index in [0.29, 0.717) is 17.8 Å². The molecule has 5 aliphatic rings. The minimum absolute atomic E-state index is 0.00631. The molecule has 0 amide bonds. The van der Waals surface area contributed by atoms with Gasteiger partial charge in [0.15, 0.2) is 0 Å². The van der Waals surface area contributed by atoms with Gasteiger partial charge in [0, 0.05) is 31.5 Å². The minimum Gasteiger partial charge on any atom is -0.455 e. The standard InChI is InChI=1S/C24H31NO3/c1-15-7-8-20-18(14-25-12-10-16-5-3-4-6-17(16)13-25)21(26)27-24(20)19(15)9-11-23(2)22(24)28-23/h3-6,15,18-20,22H,7-14H2,1-2H3/t15-,18+,19-,20+,22+,23-,24-/m0/s1. The fourth-order valence-corrected chi connectivity index (χ4v) is 7.25. The summed E-state index contributed by atoms with van der Waals surface area (Å²) in [4.78, 5) is 15.7. The molecule has 2 saturated carbocycles. The highest BCUT2D eigenvalue weighted by Crippen LogP contribution is 2.66. The summed E-state index contributed by atoms with van der Waals surface area (Å²) >= 11 is 0. The van der Waals surface area contributed by atoms with Crippen molar-refractivity contribution in [2.24, 2.45) is 23.7 Å². The van der Waals surface area contributed by atoms with E-state index < -0.39 is 0 Å². The van der Waals surface area contributed by atoms with Crippen molar-refractivity contribution in [3.8, 4) is 0 Å². The van der Waals surface area contributed by atoms with E-state index >= 15 is 0 Å². The quantitative estimate of drug-likeness (QED) is 0.580. The predicted octanol–water partition coefficient (Wildman–Crippen LogP) is 3.57. The third-order valence-corrected chi connectivity index (χ3v) is 8.76. The second-order valence-electron chi connectivity index (χ2n) is 10.3. The van der Waals surface area contributed by atoms with E-state index in [4.69, 9.17) is 9.47 Å². The molecule has 4 heteroatoms. The van der Waals surface area contributed by atoms with Crippen LogP contribution < -0.4 is 0 Å². The van der Waals surface area contributed by atoms with E-state index in [1.807, 2.05) is 0 Å². The van der Waals surface area contributed by atoms with Crippen LogP contribution in [0.15, 0.2) is 24.3 Å². The van der Waals surface area contributed by atoms with E-state index in [9.17, 15) is 4.79 Å². The van der Waals surface area contributed by atoms with Crippen LogP contribution >= 0.6 is 0 Å². The highest BCUT2D eigenvalue weighted by Gasteiger charge is 2.77. The fraction of sp³-hybridized carbons (Fsp3) is 0.708. The van der Waals surface area contributed by atoms with Gasteiger partial charge in [-0.05, 0) is 56.1 Å². The summed E-state index contributed by atoms with van der Waals surface area (Å²) in [6, 6.07) is 8.73. The van der Waals surface area contributed by atoms with Gasteiger partial charge in [0.25, 0.3) is 0 Å². The molecule has 28 heavy (non-hydrogen) atoms. The summed E-state index contributed by atoms with van der Waals surface area (Å²) in [5.74, 6) is 1.47. The first-order valence-corrected chi connectivity index (χ1v) is 11.2. The fourth-order valence-electron chi connectivity index (χ4n) is 7.25. The van der Waals surface area contributed by atoms with E-state index in [-0.39, 0.29) is 29.2 Å². The van der Waals surface area contributed by atoms with Crippen LogP contribution in [-0.4, -0.2) is 41.3 Å². The molecule has 3 aliphatic heterocycles. The van der Waals surface area contributed by atoms with Gasteiger partial charge in [-0.3, -0.25) is 9.69 Å². The number of hydrogen-bond acceptors (Lipinski definition) is 4. The molecular formula is C24H31NO3. The van der Waals surface area contributed by atoms with Crippen molar-refractivity contribution in [2.45, 2.75) is 69.8 Å². The van der Waals surface area contributed by atoms with E-state index in [1.54, 1.807) is 0 Å². The third-order valence-electron chi connectivity index (χ3n) is 8.76. The molecule has 0 aromatic heterocycles. The normalized spacial score (nSPS) is 46.8. The molecule has 1 spiro atoms. The van der Waals surface area contributed by atoms with Gasteiger partial charge in [-0.2, -0.15) is 0 Å². The van der Waals surface area contributed by atoms with Crippen molar-refractivity contribution in [3.05, 3.63) is 35.4 Å². The summed E-state index contributed by atoms with van der Waals surface area (Å²) in [6.45, 7) is 7.41. The molecule has 6 rings (SSSR count). The maximum absolute atomic E-state index is 13.2. The Kier molecular flexibility index (Phi) is 3.63. The lowest BCUT2D eigenvalue weighted by Crippen LogP contribution is -2.58. The van der Waals surface area contributed by atoms with Gasteiger partial charge in [0.1, 0.15) is 11.7 Å². The smallest absolute Gasteiger partial charge is 0.311 e. The van der Waals surface area contributed by atoms with Crippen LogP contribution in [0.5, 0.6) is 0 Å². The Labute approximate surface area is 167 Å². The Morgan fingerprint density at radius 2 is 1.96 bits per heavy atom. The summed E-state index contributed by atoms with van der Waals surface area (Å²) in [6.07, 6.45) is 5.79. The number of esters is 1. The lowest BCUT2D eigenvalue weighted by Gasteiger charge is -2.50. The molecule has 4 fully saturated rings. The molecule has 1 aromatic carbocycles. The Morgan fingerprint density at radius 3 is 2.82 bits per heavy atom. The number of carbonyl (C=O) groups excluding carboxylic acids is 1. The average molecular weight is 382 g/mol. The highest BCUT2D eigenvalue weighted by atomic mass is 16.7. The van der Waals surface area contributed by atoms with Gasteiger partial charge >= 0.3 is 5.97 Å². The monoisotopic (exact) mass is 381 g/mol. The van der Waals surface area contributed by atoms with Gasteiger partial charge in [0.2, 0.25) is 0 Å². The molecule has 2 aliphatic carbocycles. The van der Waals surface area contributed by atoms with E-state index in [1.165, 1.54) is 17.5 Å². The number of benzene rings is 1. The summed E-state index contributed by atoms with van der Waals surface area (Å²) in [5.41, 5.74) is 2.48. The van der Waals surface area contributed by atoms with Gasteiger partial charge in [0.05, 0.1) is 11.5 Å². The number of hydrogen-bond donors (Lipinski definition) is 0. The Balaban J connectivity index is 1.28. The lowest BCUT2D eigenvalue weighted by atomic mass is 9.55. The first-order valence-electron chi connectivity index (χ1n) is 11.2. The van der Waals surface area contributed by atoms with Crippen molar-refractivity contribution >= 4 is 5.97 Å². The molecule has 0 bridgehead atoms. The largest absolute Gasteiger partial charge is 0.455 e. The molecule has 3 heterocycles. The molecule has 0 radical (unpaired) electrons. The first kappa shape index (κ1) is 17.5. The van der Waals surface area contributed by atoms with Gasteiger partial charge in [-0.1, -0.05) is 31.2 Å². The zero-order valence-corrected chi connectivity index (χ0v) is 17.0. The Morgan fingerprint density at radius 1 is 1.14 bits per heavy atom. The zero-order valence-electron chi connectivity index (χ0n) is 17.0. The Hall–Kier alpha value is -1.39. The second kappa shape index (κ2) is 5.82. The van der Waals surface area contributed by atoms with Crippen molar-refractivity contribution in [3.63, 3.8) is 0 Å². The van der Waals surface area contributed by atoms with Gasteiger partial charge < -0.3 is 9.47 Å². The predicted molar refractivity (Wildman–Crippen MR) is 106 cm³/mol. The first-order chi connectivity index (χ1) is 13.5. The highest BCUT2D eigenvalue weighted by molar-refractivity contribution is 5.77. The summed E-state index contributed by atoms with van der Waals surface area (Å²) < 4.78 is 12.6. The summed E-state index contributed by atoms with van der Waals surface area (Å²) in [7, 11) is 0. The number of ether oxygens (including phenoxy) is 2. The number of nitrogens with zero attached hydrogens (tertiary/aromatic N) is 1. The van der Waals surface area contributed by atoms with Crippen LogP contribution in [0.2, 0.25) is 0 Å². The molecule has 4 nitrogen and oxygen atoms in total. The molecule has 150 valence electrons. The van der Waals surface area contributed by atoms with Gasteiger partial charge in [-0.25, -0.2) is 0 Å². The molecule has 7 atom stereocenters. The van der Waals surface area contributed by atoms with Crippen LogP contribution in [0.1, 0.15) is 50.7 Å². The van der Waals surface area contributed by atoms with Crippen LogP contribution in [0, 0.1) is 23.7 Å². The minimum atomic E-state index is -0.347. The zero-order chi connectivity index (χ0) is 19.1. The van der Waals surface area contributed by atoms with E-state index in [2.05, 4.69) is 43.0 Å². The maximum atomic E-state index is 13.2.